The molecule has 0 aromatic carbocycles. The van der Waals surface area contributed by atoms with Gasteiger partial charge in [-0.15, -0.1) is 0 Å². The van der Waals surface area contributed by atoms with Crippen molar-refractivity contribution in [3.63, 3.8) is 0 Å². The molecule has 0 aromatic rings. The third-order valence-electron chi connectivity index (χ3n) is 27.6. The molecular weight excluding hydrogens is 1540 g/mol. The number of unbranched alkanes of at least 4 members (excludes halogenated alkanes) is 2. The van der Waals surface area contributed by atoms with Crippen LogP contribution in [0.15, 0.2) is 11.6 Å². The third-order valence-corrected chi connectivity index (χ3v) is 27.6. The van der Waals surface area contributed by atoms with Gasteiger partial charge >= 0.3 is 18.0 Å². The van der Waals surface area contributed by atoms with Crippen LogP contribution < -0.4 is 10.6 Å². The molecule has 19 N–H and O–H groups in total. The van der Waals surface area contributed by atoms with E-state index in [2.05, 4.69) is 65.2 Å². The summed E-state index contributed by atoms with van der Waals surface area (Å²) in [6, 6.07) is -1.07. The zero-order valence-electron chi connectivity index (χ0n) is 68.9. The van der Waals surface area contributed by atoms with E-state index in [1.807, 2.05) is 0 Å². The molecule has 6 aliphatic heterocycles. The molecule has 0 aromatic heterocycles. The predicted octanol–water partition coefficient (Wildman–Crippen LogP) is -2.07. The van der Waals surface area contributed by atoms with Gasteiger partial charge in [0.05, 0.1) is 57.9 Å². The highest BCUT2D eigenvalue weighted by atomic mass is 16.8. The first kappa shape index (κ1) is 95.8. The quantitative estimate of drug-likeness (QED) is 0.0254. The zero-order chi connectivity index (χ0) is 86.2. The van der Waals surface area contributed by atoms with Crippen LogP contribution in [0.5, 0.6) is 0 Å². The smallest absolute Gasteiger partial charge is 0.407 e. The van der Waals surface area contributed by atoms with Crippen LogP contribution in [-0.4, -0.2) is 348 Å². The van der Waals surface area contributed by atoms with E-state index in [0.717, 1.165) is 45.6 Å². The number of carboxylic acids is 1. The van der Waals surface area contributed by atoms with Crippen LogP contribution in [0.3, 0.4) is 0 Å². The lowest BCUT2D eigenvalue weighted by atomic mass is 9.33. The van der Waals surface area contributed by atoms with E-state index < -0.39 is 227 Å². The van der Waals surface area contributed by atoms with Crippen molar-refractivity contribution in [1.29, 1.82) is 0 Å². The van der Waals surface area contributed by atoms with E-state index in [9.17, 15) is 111 Å². The normalized spacial score (nSPS) is 47.3. The number of allylic oxidation sites excluding steroid dienone is 2. The number of alkyl carbamates (subject to hydrolysis) is 1. The summed E-state index contributed by atoms with van der Waals surface area (Å²) in [5.41, 5.74) is -0.166. The Kier molecular flexibility index (Phi) is 31.7. The van der Waals surface area contributed by atoms with Gasteiger partial charge in [0.1, 0.15) is 133 Å². The van der Waals surface area contributed by atoms with E-state index in [4.69, 9.17) is 61.6 Å². The maximum absolute atomic E-state index is 13.4. The largest absolute Gasteiger partial charge is 0.479 e. The summed E-state index contributed by atoms with van der Waals surface area (Å²) in [6.07, 6.45) is -28.0. The molecule has 4 saturated carbocycles. The molecule has 10 fully saturated rings. The summed E-state index contributed by atoms with van der Waals surface area (Å²) in [5, 5.41) is 179. The summed E-state index contributed by atoms with van der Waals surface area (Å²) >= 11 is 0. The average molecular weight is 1670 g/mol. The lowest BCUT2D eigenvalue weighted by Crippen LogP contribution is -2.67. The van der Waals surface area contributed by atoms with Crippen molar-refractivity contribution in [1.82, 2.24) is 10.6 Å². The molecular formula is C79H132N2O35. The van der Waals surface area contributed by atoms with Crippen LogP contribution in [0, 0.1) is 56.2 Å². The van der Waals surface area contributed by atoms with Crippen LogP contribution in [-0.2, 0) is 80.8 Å². The fourth-order valence-corrected chi connectivity index (χ4v) is 20.5. The molecule has 37 nitrogen and oxygen atoms in total. The molecule has 668 valence electrons. The van der Waals surface area contributed by atoms with Crippen LogP contribution >= 0.6 is 0 Å². The summed E-state index contributed by atoms with van der Waals surface area (Å²) in [5.74, 6) is -0.902. The van der Waals surface area contributed by atoms with Crippen molar-refractivity contribution in [2.24, 2.45) is 56.2 Å². The molecule has 6 saturated heterocycles. The number of amides is 2. The number of esters is 1. The van der Waals surface area contributed by atoms with Gasteiger partial charge in [0.15, 0.2) is 37.6 Å². The number of methoxy groups -OCH3 is 2. The summed E-state index contributed by atoms with van der Waals surface area (Å²) in [4.78, 5) is 62.0. The first-order chi connectivity index (χ1) is 54.2. The van der Waals surface area contributed by atoms with Crippen LogP contribution in [0.4, 0.5) is 4.79 Å². The van der Waals surface area contributed by atoms with Gasteiger partial charge in [-0.1, -0.05) is 66.5 Å². The van der Waals surface area contributed by atoms with Gasteiger partial charge in [0.25, 0.3) is 0 Å². The Balaban J connectivity index is 0.000000201. The Labute approximate surface area is 675 Å². The van der Waals surface area contributed by atoms with Crippen LogP contribution in [0.1, 0.15) is 167 Å². The lowest BCUT2D eigenvalue weighted by molar-refractivity contribution is -0.382. The van der Waals surface area contributed by atoms with Crippen LogP contribution in [0.25, 0.3) is 0 Å². The maximum atomic E-state index is 13.4. The third kappa shape index (κ3) is 19.3. The lowest BCUT2D eigenvalue weighted by Gasteiger charge is -2.71. The molecule has 38 atom stereocenters. The molecule has 0 radical (unpaired) electrons. The molecule has 11 aliphatic rings. The van der Waals surface area contributed by atoms with Crippen LogP contribution in [0.2, 0.25) is 0 Å². The minimum absolute atomic E-state index is 0.0253. The zero-order valence-corrected chi connectivity index (χ0v) is 68.9. The van der Waals surface area contributed by atoms with E-state index in [1.54, 1.807) is 27.7 Å². The standard InChI is InChI=1S/C32H50O4.C29H52N2O15.C18H30O16/c1-20-11-13-28(4)23(29(20,5)19-33)12-14-30(6)24(28)10-9-21-22-17-27(2,3)15-16-32(22,26(35)36-8)25(34)18-31(21,30)7;1-13-24(45-27-23(39)21(37)25(14(2)43-27)44-26-22(38)19(35)15(33)12-41-26)20(36)18(16(11-32)42-13)31-17(34)9-7-6-8-10-30-28(40)46-29(3,4)5;1-29-18-14(34-17-10(25)8(23)7(22)5(2-19)31-17)12(11(26)13(33-18)15(27)28)32-16-9(24)6(21)4(20)3-30-16/h9,19-20,22-25,34H,10-18H2,1-8H3;13-16,18-27,32-33,35-39H,6-12H2,1-5H3,(H,30,40)(H,31,34);4-14,16-26H,2-3H2,1H3,(H,27,28)/t20-,22?,23+,24?,25+,28?,29-,30-,31+,32+;13-,14?,15+,16+,18-,19?,20?,21?,22?,23?,24?,25-,26-,27-;4-,5?,6+,7+,8+,9?,10?,11+,12+,13?,14?,16+,17+,18-/m001/s1. The number of aliphatic carboxylic acids is 1. The molecule has 5 aliphatic carbocycles. The van der Waals surface area contributed by atoms with E-state index in [0.29, 0.717) is 56.4 Å². The van der Waals surface area contributed by atoms with E-state index >= 15 is 0 Å². The Morgan fingerprint density at radius 2 is 1.14 bits per heavy atom. The number of hydrogen-bond donors (Lipinski definition) is 19. The highest BCUT2D eigenvalue weighted by molar-refractivity contribution is 5.80. The monoisotopic (exact) mass is 1670 g/mol. The number of aliphatic hydroxyl groups is 16. The average Bonchev–Trinajstić information content (AvgIpc) is 0.670. The van der Waals surface area contributed by atoms with Crippen molar-refractivity contribution in [3.05, 3.63) is 11.6 Å². The number of carbonyl (C=O) groups excluding carboxylic acids is 4. The van der Waals surface area contributed by atoms with Crippen molar-refractivity contribution < 1.29 is 172 Å². The number of ether oxygens (including phenoxy) is 13. The SMILES string of the molecule is CC1O[C@@H](OC2C(O)[C@@H](NC(=O)CCCCCNC(=O)OC(C)(C)C)[C@@H](CO)O[C@H]2C)C(O)C(O)[C@H]1O[C@@H]1OC[C@@H](O)C(O)C1O.COC(=O)[C@]12CCC(C)(C)CC1C1=CCC3C4(C)CC[C@H](C)[C@](C)(C=O)[C@@H]4CC[C@]3(C)[C@]1(C)C[C@H]2O.CO[C@@H]1OC(C(=O)O)[C@@H](O)[C@H](O[C@@H]2OC[C@@H](O)[C@H](O)C2O)C1O[C@@H]1OC(CO)[C@H](O)[C@H](O)C1O. The van der Waals surface area contributed by atoms with Gasteiger partial charge < -0.3 is 164 Å². The van der Waals surface area contributed by atoms with E-state index in [1.165, 1.54) is 32.3 Å². The summed E-state index contributed by atoms with van der Waals surface area (Å²) < 4.78 is 70.7. The topological polar surface area (TPSA) is 573 Å². The minimum atomic E-state index is -1.97. The molecule has 37 heteroatoms. The Morgan fingerprint density at radius 1 is 0.578 bits per heavy atom. The van der Waals surface area contributed by atoms with Gasteiger partial charge in [0, 0.05) is 25.5 Å². The second kappa shape index (κ2) is 38.4. The highest BCUT2D eigenvalue weighted by Crippen LogP contribution is 2.76. The van der Waals surface area contributed by atoms with Crippen molar-refractivity contribution in [2.75, 3.05) is 47.2 Å². The molecule has 15 unspecified atom stereocenters. The number of aliphatic hydroxyl groups excluding tert-OH is 16. The van der Waals surface area contributed by atoms with Gasteiger partial charge in [-0.3, -0.25) is 9.59 Å². The fraction of sp³-hybridized carbons (Fsp3) is 0.911. The van der Waals surface area contributed by atoms with Gasteiger partial charge in [-0.2, -0.15) is 0 Å². The molecule has 0 spiro atoms. The van der Waals surface area contributed by atoms with Gasteiger partial charge in [-0.25, -0.2) is 9.59 Å². The molecule has 6 heterocycles. The van der Waals surface area contributed by atoms with Crippen molar-refractivity contribution >= 4 is 30.2 Å². The van der Waals surface area contributed by atoms with Gasteiger partial charge in [-0.05, 0) is 151 Å². The maximum Gasteiger partial charge on any atom is 0.407 e. The van der Waals surface area contributed by atoms with Crippen molar-refractivity contribution in [3.8, 4) is 0 Å². The fourth-order valence-electron chi connectivity index (χ4n) is 20.5. The minimum Gasteiger partial charge on any atom is -0.479 e. The van der Waals surface area contributed by atoms with Crippen molar-refractivity contribution in [2.45, 2.75) is 350 Å². The number of carbonyl (C=O) groups is 5. The Bertz CT molecular complexity index is 3300. The summed E-state index contributed by atoms with van der Waals surface area (Å²) in [7, 11) is 2.59. The molecule has 2 amide bonds. The summed E-state index contributed by atoms with van der Waals surface area (Å²) in [6.45, 7) is 23.2. The highest BCUT2D eigenvalue weighted by Gasteiger charge is 2.72. The van der Waals surface area contributed by atoms with E-state index in [-0.39, 0.29) is 52.0 Å². The second-order valence-electron chi connectivity index (χ2n) is 36.6. The number of rotatable bonds is 21. The first-order valence-electron chi connectivity index (χ1n) is 40.7. The molecule has 0 bridgehead atoms. The predicted molar refractivity (Wildman–Crippen MR) is 399 cm³/mol. The molecule has 11 rings (SSSR count). The second-order valence-corrected chi connectivity index (χ2v) is 36.6. The Morgan fingerprint density at radius 3 is 1.72 bits per heavy atom. The number of fused-ring (bicyclic) bond motifs is 7. The Hall–Kier alpha value is -3.99. The molecule has 116 heavy (non-hydrogen) atoms. The number of carboxylic acid groups (broad SMARTS) is 1. The van der Waals surface area contributed by atoms with Gasteiger partial charge in [0.2, 0.25) is 5.91 Å². The number of aldehydes is 1. The number of nitrogens with one attached hydrogen (secondary N) is 2. The first-order valence-corrected chi connectivity index (χ1v) is 40.7. The number of hydrogen-bond acceptors (Lipinski definition) is 34.